The molecule has 0 saturated heterocycles. The molecule has 31 heavy (non-hydrogen) atoms. The lowest BCUT2D eigenvalue weighted by Gasteiger charge is -2.16. The molecule has 0 atom stereocenters. The van der Waals surface area contributed by atoms with Crippen molar-refractivity contribution >= 4 is 50.9 Å². The first-order valence-electron chi connectivity index (χ1n) is 8.84. The van der Waals surface area contributed by atoms with Gasteiger partial charge in [0.2, 0.25) is 0 Å². The Bertz CT molecular complexity index is 1190. The maximum atomic E-state index is 14.1. The van der Waals surface area contributed by atoms with Gasteiger partial charge in [-0.1, -0.05) is 6.07 Å². The van der Waals surface area contributed by atoms with Crippen LogP contribution in [-0.4, -0.2) is 25.8 Å². The Morgan fingerprint density at radius 2 is 1.94 bits per heavy atom. The van der Waals surface area contributed by atoms with Crippen molar-refractivity contribution in [3.8, 4) is 0 Å². The summed E-state index contributed by atoms with van der Waals surface area (Å²) in [6.45, 7) is 3.37. The average molecular weight is 535 g/mol. The normalized spacial score (nSPS) is 12.9. The number of hydrogen-bond acceptors (Lipinski definition) is 5. The van der Waals surface area contributed by atoms with Crippen molar-refractivity contribution in [2.24, 2.45) is 0 Å². The summed E-state index contributed by atoms with van der Waals surface area (Å²) in [7, 11) is -5.72. The zero-order valence-electron chi connectivity index (χ0n) is 16.3. The minimum atomic E-state index is -5.72. The van der Waals surface area contributed by atoms with Gasteiger partial charge in [0.15, 0.2) is 0 Å². The lowest BCUT2D eigenvalue weighted by Crippen LogP contribution is -2.23. The first-order valence-corrected chi connectivity index (χ1v) is 12.1. The van der Waals surface area contributed by atoms with Gasteiger partial charge in [0.1, 0.15) is 10.5 Å². The highest BCUT2D eigenvalue weighted by molar-refractivity contribution is 9.10. The Morgan fingerprint density at radius 3 is 2.48 bits per heavy atom. The molecule has 0 saturated carbocycles. The monoisotopic (exact) mass is 534 g/mol. The number of halogens is 3. The minimum Gasteiger partial charge on any atom is -0.384 e. The predicted octanol–water partition coefficient (Wildman–Crippen LogP) is 4.44. The number of nitrogens with one attached hydrogen (secondary N) is 1. The zero-order valence-corrected chi connectivity index (χ0v) is 19.6. The van der Waals surface area contributed by atoms with Crippen LogP contribution in [-0.2, 0) is 22.4 Å². The van der Waals surface area contributed by atoms with Crippen LogP contribution in [0.1, 0.15) is 40.3 Å². The van der Waals surface area contributed by atoms with Crippen LogP contribution < -0.4 is 5.32 Å². The molecular formula is C19H18BrF2N2O5PS. The first-order chi connectivity index (χ1) is 14.2. The van der Waals surface area contributed by atoms with Crippen LogP contribution in [0.2, 0.25) is 0 Å². The molecule has 166 valence electrons. The number of rotatable bonds is 6. The molecule has 7 nitrogen and oxygen atoms in total. The lowest BCUT2D eigenvalue weighted by atomic mass is 10.0. The molecule has 0 unspecified atom stereocenters. The van der Waals surface area contributed by atoms with Gasteiger partial charge in [-0.25, -0.2) is 0 Å². The third kappa shape index (κ3) is 4.87. The quantitative estimate of drug-likeness (QED) is 0.347. The number of amides is 1. The fourth-order valence-corrected chi connectivity index (χ4v) is 5.63. The molecule has 0 aliphatic carbocycles. The Morgan fingerprint density at radius 1 is 1.26 bits per heavy atom. The van der Waals surface area contributed by atoms with E-state index in [2.05, 4.69) is 26.2 Å². The van der Waals surface area contributed by atoms with E-state index in [-0.39, 0.29) is 22.0 Å². The summed E-state index contributed by atoms with van der Waals surface area (Å²) in [6.07, 6.45) is 1.53. The Balaban J connectivity index is 1.81. The summed E-state index contributed by atoms with van der Waals surface area (Å²) in [4.78, 5) is 33.9. The molecule has 0 aliphatic heterocycles. The molecule has 1 amide bonds. The SMILES string of the molecule is CC(C)(O)c1ccc(CNC(=O)c2ccc3sc(C(F)(F)P(=O)(O)O)c(Br)c3c2)cn1. The fourth-order valence-electron chi connectivity index (χ4n) is 2.71. The van der Waals surface area contributed by atoms with E-state index in [1.54, 1.807) is 26.0 Å². The predicted molar refractivity (Wildman–Crippen MR) is 116 cm³/mol. The van der Waals surface area contributed by atoms with Crippen molar-refractivity contribution in [3.63, 3.8) is 0 Å². The van der Waals surface area contributed by atoms with Crippen LogP contribution in [0.5, 0.6) is 0 Å². The average Bonchev–Trinajstić information content (AvgIpc) is 3.01. The van der Waals surface area contributed by atoms with Gasteiger partial charge in [0.05, 0.1) is 5.69 Å². The highest BCUT2D eigenvalue weighted by Gasteiger charge is 2.53. The molecule has 1 aromatic carbocycles. The third-order valence-corrected chi connectivity index (χ3v) is 7.87. The molecule has 0 spiro atoms. The third-order valence-electron chi connectivity index (χ3n) is 4.43. The summed E-state index contributed by atoms with van der Waals surface area (Å²) in [5.41, 5.74) is -4.06. The van der Waals surface area contributed by atoms with Crippen molar-refractivity contribution in [3.05, 3.63) is 62.7 Å². The molecule has 3 rings (SSSR count). The van der Waals surface area contributed by atoms with Crippen molar-refractivity contribution in [2.75, 3.05) is 0 Å². The summed E-state index contributed by atoms with van der Waals surface area (Å²) in [6, 6.07) is 7.63. The van der Waals surface area contributed by atoms with Crippen molar-refractivity contribution in [1.82, 2.24) is 10.3 Å². The van der Waals surface area contributed by atoms with Crippen molar-refractivity contribution in [1.29, 1.82) is 0 Å². The second-order valence-corrected chi connectivity index (χ2v) is 10.8. The largest absolute Gasteiger partial charge is 0.400 e. The van der Waals surface area contributed by atoms with Crippen molar-refractivity contribution < 1.29 is 33.0 Å². The number of aromatic nitrogens is 1. The second kappa shape index (κ2) is 8.31. The number of pyridine rings is 1. The fraction of sp³-hybridized carbons (Fsp3) is 0.263. The maximum Gasteiger partial charge on any atom is 0.400 e. The molecule has 3 aromatic rings. The molecule has 2 aromatic heterocycles. The number of benzene rings is 1. The standard InChI is InChI=1S/C19H18BrF2N2O5PS/c1-18(2,26)14-6-3-10(8-23-14)9-24-17(25)11-4-5-13-12(7-11)15(20)16(31-13)19(21,22)30(27,28)29/h3-8,26H,9H2,1-2H3,(H,24,25)(H2,27,28,29). The van der Waals surface area contributed by atoms with E-state index in [1.807, 2.05) is 0 Å². The van der Waals surface area contributed by atoms with Crippen LogP contribution in [0.4, 0.5) is 8.78 Å². The van der Waals surface area contributed by atoms with Crippen LogP contribution in [0.3, 0.4) is 0 Å². The lowest BCUT2D eigenvalue weighted by molar-refractivity contribution is 0.0595. The molecule has 0 radical (unpaired) electrons. The number of carbonyl (C=O) groups is 1. The van der Waals surface area contributed by atoms with Crippen LogP contribution >= 0.6 is 34.9 Å². The van der Waals surface area contributed by atoms with E-state index in [4.69, 9.17) is 9.79 Å². The summed E-state index contributed by atoms with van der Waals surface area (Å²) < 4.78 is 39.7. The Labute approximate surface area is 188 Å². The van der Waals surface area contributed by atoms with Gasteiger partial charge in [-0.3, -0.25) is 14.3 Å². The Kier molecular flexibility index (Phi) is 6.41. The number of nitrogens with zero attached hydrogens (tertiary/aromatic N) is 1. The van der Waals surface area contributed by atoms with Crippen molar-refractivity contribution in [2.45, 2.75) is 31.7 Å². The van der Waals surface area contributed by atoms with Gasteiger partial charge in [-0.05, 0) is 59.6 Å². The first kappa shape index (κ1) is 23.9. The number of hydrogen-bond donors (Lipinski definition) is 4. The molecular weight excluding hydrogens is 517 g/mol. The number of alkyl halides is 2. The van der Waals surface area contributed by atoms with Gasteiger partial charge in [-0.2, -0.15) is 8.78 Å². The maximum absolute atomic E-state index is 14.1. The number of aliphatic hydroxyl groups is 1. The van der Waals surface area contributed by atoms with Gasteiger partial charge >= 0.3 is 13.3 Å². The van der Waals surface area contributed by atoms with E-state index >= 15 is 0 Å². The number of thiophene rings is 1. The molecule has 4 N–H and O–H groups in total. The molecule has 12 heteroatoms. The van der Waals surface area contributed by atoms with Gasteiger partial charge in [0.25, 0.3) is 5.91 Å². The number of carbonyl (C=O) groups excluding carboxylic acids is 1. The van der Waals surface area contributed by atoms with Gasteiger partial charge in [0, 0.05) is 32.9 Å². The highest BCUT2D eigenvalue weighted by atomic mass is 79.9. The summed E-state index contributed by atoms with van der Waals surface area (Å²) >= 11 is 3.53. The minimum absolute atomic E-state index is 0.155. The highest BCUT2D eigenvalue weighted by Crippen LogP contribution is 2.62. The molecule has 0 fully saturated rings. The van der Waals surface area contributed by atoms with E-state index in [0.29, 0.717) is 27.3 Å². The second-order valence-electron chi connectivity index (χ2n) is 7.33. The smallest absolute Gasteiger partial charge is 0.384 e. The van der Waals surface area contributed by atoms with E-state index in [9.17, 15) is 23.2 Å². The zero-order chi connectivity index (χ0) is 23.2. The number of fused-ring (bicyclic) bond motifs is 1. The molecule has 2 heterocycles. The van der Waals surface area contributed by atoms with Crippen LogP contribution in [0.15, 0.2) is 41.0 Å². The summed E-state index contributed by atoms with van der Waals surface area (Å²) in [5.74, 6) is -0.463. The van der Waals surface area contributed by atoms with E-state index in [1.165, 1.54) is 24.4 Å². The topological polar surface area (TPSA) is 120 Å². The van der Waals surface area contributed by atoms with Gasteiger partial charge < -0.3 is 20.2 Å². The molecule has 0 bridgehead atoms. The van der Waals surface area contributed by atoms with E-state index < -0.39 is 29.6 Å². The van der Waals surface area contributed by atoms with Gasteiger partial charge in [-0.15, -0.1) is 11.3 Å². The van der Waals surface area contributed by atoms with Crippen LogP contribution in [0, 0.1) is 0 Å². The Hall–Kier alpha value is -1.75. The summed E-state index contributed by atoms with van der Waals surface area (Å²) in [5, 5.41) is 12.9. The van der Waals surface area contributed by atoms with Crippen LogP contribution in [0.25, 0.3) is 10.1 Å². The molecule has 0 aliphatic rings. The van der Waals surface area contributed by atoms with E-state index in [0.717, 1.165) is 0 Å².